The van der Waals surface area contributed by atoms with Crippen LogP contribution in [0.5, 0.6) is 0 Å². The summed E-state index contributed by atoms with van der Waals surface area (Å²) in [4.78, 5) is 12.9. The zero-order valence-corrected chi connectivity index (χ0v) is 7.16. The Kier molecular flexibility index (Phi) is 4.21. The van der Waals surface area contributed by atoms with E-state index in [0.717, 1.165) is 32.8 Å². The minimum atomic E-state index is -0.329. The van der Waals surface area contributed by atoms with Crippen molar-refractivity contribution >= 4 is 5.78 Å². The van der Waals surface area contributed by atoms with Gasteiger partial charge in [0.25, 0.3) is 0 Å². The fraction of sp³-hybridized carbons (Fsp3) is 0.875. The topological polar surface area (TPSA) is 49.8 Å². The number of morpholine rings is 1. The number of rotatable bonds is 4. The van der Waals surface area contributed by atoms with Gasteiger partial charge in [0.15, 0.2) is 5.78 Å². The van der Waals surface area contributed by atoms with Crippen molar-refractivity contribution < 1.29 is 14.6 Å². The van der Waals surface area contributed by atoms with E-state index in [2.05, 4.69) is 4.90 Å². The van der Waals surface area contributed by atoms with Crippen molar-refractivity contribution in [3.05, 3.63) is 0 Å². The smallest absolute Gasteiger partial charge is 0.159 e. The zero-order valence-electron chi connectivity index (χ0n) is 7.16. The van der Waals surface area contributed by atoms with E-state index in [-0.39, 0.29) is 12.4 Å². The van der Waals surface area contributed by atoms with Gasteiger partial charge in [-0.15, -0.1) is 0 Å². The predicted octanol–water partition coefficient (Wildman–Crippen LogP) is -0.730. The number of nitrogens with zero attached hydrogens (tertiary/aromatic N) is 1. The van der Waals surface area contributed by atoms with E-state index in [9.17, 15) is 4.79 Å². The largest absolute Gasteiger partial charge is 0.389 e. The molecule has 0 amide bonds. The highest BCUT2D eigenvalue weighted by Crippen LogP contribution is 1.97. The van der Waals surface area contributed by atoms with E-state index in [1.54, 1.807) is 0 Å². The Morgan fingerprint density at radius 2 is 2.08 bits per heavy atom. The molecule has 1 heterocycles. The lowest BCUT2D eigenvalue weighted by Crippen LogP contribution is -2.37. The summed E-state index contributed by atoms with van der Waals surface area (Å²) in [6.45, 7) is 3.74. The molecule has 1 rings (SSSR count). The number of carbonyl (C=O) groups excluding carboxylic acids is 1. The number of ketones is 1. The van der Waals surface area contributed by atoms with Gasteiger partial charge in [0.05, 0.1) is 13.2 Å². The van der Waals surface area contributed by atoms with Crippen molar-refractivity contribution in [2.45, 2.75) is 6.42 Å². The van der Waals surface area contributed by atoms with E-state index in [0.29, 0.717) is 6.42 Å². The van der Waals surface area contributed by atoms with Gasteiger partial charge in [-0.3, -0.25) is 9.69 Å². The van der Waals surface area contributed by atoms with E-state index < -0.39 is 0 Å². The third-order valence-corrected chi connectivity index (χ3v) is 1.99. The molecule has 0 aromatic carbocycles. The third-order valence-electron chi connectivity index (χ3n) is 1.99. The maximum Gasteiger partial charge on any atom is 0.159 e. The van der Waals surface area contributed by atoms with Gasteiger partial charge in [-0.25, -0.2) is 0 Å². The molecule has 0 radical (unpaired) electrons. The fourth-order valence-electron chi connectivity index (χ4n) is 1.19. The molecule has 70 valence electrons. The third kappa shape index (κ3) is 3.30. The minimum Gasteiger partial charge on any atom is -0.389 e. The van der Waals surface area contributed by atoms with Gasteiger partial charge in [0.2, 0.25) is 0 Å². The Morgan fingerprint density at radius 3 is 2.67 bits per heavy atom. The number of aliphatic hydroxyl groups excluding tert-OH is 1. The number of ether oxygens (including phenoxy) is 1. The van der Waals surface area contributed by atoms with E-state index in [1.807, 2.05) is 0 Å². The summed E-state index contributed by atoms with van der Waals surface area (Å²) in [7, 11) is 0. The standard InChI is InChI=1S/C8H15NO3/c10-7-8(11)1-2-9-3-5-12-6-4-9/h10H,1-7H2. The molecule has 0 spiro atoms. The van der Waals surface area contributed by atoms with Crippen LogP contribution in [0.2, 0.25) is 0 Å². The molecule has 1 aliphatic heterocycles. The Bertz CT molecular complexity index is 143. The number of hydrogen-bond donors (Lipinski definition) is 1. The van der Waals surface area contributed by atoms with Crippen molar-refractivity contribution in [2.75, 3.05) is 39.5 Å². The van der Waals surface area contributed by atoms with Crippen molar-refractivity contribution in [3.8, 4) is 0 Å². The fourth-order valence-corrected chi connectivity index (χ4v) is 1.19. The van der Waals surface area contributed by atoms with Crippen LogP contribution in [0.25, 0.3) is 0 Å². The van der Waals surface area contributed by atoms with Gasteiger partial charge >= 0.3 is 0 Å². The summed E-state index contributed by atoms with van der Waals surface area (Å²) in [5.41, 5.74) is 0. The first-order valence-corrected chi connectivity index (χ1v) is 4.25. The SMILES string of the molecule is O=C(CO)CCN1CCOCC1. The first kappa shape index (κ1) is 9.64. The predicted molar refractivity (Wildman–Crippen MR) is 44.0 cm³/mol. The molecule has 4 heteroatoms. The minimum absolute atomic E-state index is 0.0820. The lowest BCUT2D eigenvalue weighted by atomic mass is 10.2. The van der Waals surface area contributed by atoms with Crippen LogP contribution < -0.4 is 0 Å². The molecule has 0 bridgehead atoms. The average Bonchev–Trinajstić information content (AvgIpc) is 2.16. The van der Waals surface area contributed by atoms with Gasteiger partial charge in [-0.2, -0.15) is 0 Å². The molecule has 1 N–H and O–H groups in total. The van der Waals surface area contributed by atoms with Crippen LogP contribution in [-0.2, 0) is 9.53 Å². The summed E-state index contributed by atoms with van der Waals surface area (Å²) in [5.74, 6) is -0.0820. The summed E-state index contributed by atoms with van der Waals surface area (Å²) in [6, 6.07) is 0. The molecular formula is C8H15NO3. The first-order valence-electron chi connectivity index (χ1n) is 4.25. The Morgan fingerprint density at radius 1 is 1.42 bits per heavy atom. The van der Waals surface area contributed by atoms with Crippen LogP contribution in [0.1, 0.15) is 6.42 Å². The molecule has 4 nitrogen and oxygen atoms in total. The van der Waals surface area contributed by atoms with Gasteiger partial charge in [-0.05, 0) is 0 Å². The molecule has 0 unspecified atom stereocenters. The second-order valence-corrected chi connectivity index (χ2v) is 2.90. The van der Waals surface area contributed by atoms with Crippen molar-refractivity contribution in [3.63, 3.8) is 0 Å². The maximum atomic E-state index is 10.7. The van der Waals surface area contributed by atoms with E-state index >= 15 is 0 Å². The van der Waals surface area contributed by atoms with Gasteiger partial charge in [-0.1, -0.05) is 0 Å². The van der Waals surface area contributed by atoms with Crippen LogP contribution in [0.15, 0.2) is 0 Å². The summed E-state index contributed by atoms with van der Waals surface area (Å²) >= 11 is 0. The molecule has 0 saturated carbocycles. The van der Waals surface area contributed by atoms with Crippen LogP contribution in [0.4, 0.5) is 0 Å². The van der Waals surface area contributed by atoms with Gasteiger partial charge in [0.1, 0.15) is 6.61 Å². The highest BCUT2D eigenvalue weighted by Gasteiger charge is 2.10. The second-order valence-electron chi connectivity index (χ2n) is 2.90. The van der Waals surface area contributed by atoms with Crippen LogP contribution in [0, 0.1) is 0 Å². The van der Waals surface area contributed by atoms with Crippen LogP contribution >= 0.6 is 0 Å². The molecule has 0 atom stereocenters. The van der Waals surface area contributed by atoms with Crippen LogP contribution in [-0.4, -0.2) is 55.2 Å². The quantitative estimate of drug-likeness (QED) is 0.609. The van der Waals surface area contributed by atoms with Crippen LogP contribution in [0.3, 0.4) is 0 Å². The monoisotopic (exact) mass is 173 g/mol. The average molecular weight is 173 g/mol. The molecule has 0 aromatic heterocycles. The van der Waals surface area contributed by atoms with Crippen molar-refractivity contribution in [2.24, 2.45) is 0 Å². The lowest BCUT2D eigenvalue weighted by molar-refractivity contribution is -0.122. The Hall–Kier alpha value is -0.450. The Labute approximate surface area is 72.1 Å². The number of carbonyl (C=O) groups is 1. The summed E-state index contributed by atoms with van der Waals surface area (Å²) in [5, 5.41) is 8.47. The van der Waals surface area contributed by atoms with E-state index in [1.165, 1.54) is 0 Å². The molecule has 1 fully saturated rings. The molecule has 0 aliphatic carbocycles. The molecular weight excluding hydrogens is 158 g/mol. The highest BCUT2D eigenvalue weighted by atomic mass is 16.5. The highest BCUT2D eigenvalue weighted by molar-refractivity contribution is 5.79. The number of aliphatic hydroxyl groups is 1. The molecule has 0 aromatic rings. The number of Topliss-reactive ketones (excluding diaryl/α,β-unsaturated/α-hetero) is 1. The lowest BCUT2D eigenvalue weighted by Gasteiger charge is -2.25. The van der Waals surface area contributed by atoms with Crippen molar-refractivity contribution in [1.29, 1.82) is 0 Å². The van der Waals surface area contributed by atoms with Gasteiger partial charge in [0, 0.05) is 26.1 Å². The zero-order chi connectivity index (χ0) is 8.81. The molecule has 1 aliphatic rings. The second kappa shape index (κ2) is 5.24. The normalized spacial score (nSPS) is 19.4. The molecule has 1 saturated heterocycles. The van der Waals surface area contributed by atoms with Gasteiger partial charge < -0.3 is 9.84 Å². The summed E-state index contributed by atoms with van der Waals surface area (Å²) < 4.78 is 5.16. The summed E-state index contributed by atoms with van der Waals surface area (Å²) in [6.07, 6.45) is 0.455. The molecule has 12 heavy (non-hydrogen) atoms. The van der Waals surface area contributed by atoms with Crippen molar-refractivity contribution in [1.82, 2.24) is 4.90 Å². The van der Waals surface area contributed by atoms with E-state index in [4.69, 9.17) is 9.84 Å². The maximum absolute atomic E-state index is 10.7. The number of hydrogen-bond acceptors (Lipinski definition) is 4. The Balaban J connectivity index is 2.09. The first-order chi connectivity index (χ1) is 5.83.